The van der Waals surface area contributed by atoms with Crippen LogP contribution in [-0.2, 0) is 9.53 Å². The Balaban J connectivity index is 2.52. The zero-order valence-corrected chi connectivity index (χ0v) is 12.3. The third-order valence-electron chi connectivity index (χ3n) is 3.82. The lowest BCUT2D eigenvalue weighted by Gasteiger charge is -2.30. The molecule has 0 radical (unpaired) electrons. The van der Waals surface area contributed by atoms with E-state index in [0.29, 0.717) is 12.6 Å². The van der Waals surface area contributed by atoms with Crippen molar-refractivity contribution >= 4 is 5.97 Å². The van der Waals surface area contributed by atoms with E-state index in [1.807, 2.05) is 14.0 Å². The minimum Gasteiger partial charge on any atom is -0.465 e. The summed E-state index contributed by atoms with van der Waals surface area (Å²) in [7, 11) is 4.22. The first-order valence-electron chi connectivity index (χ1n) is 7.17. The van der Waals surface area contributed by atoms with Crippen molar-refractivity contribution in [1.29, 1.82) is 0 Å². The molecule has 1 aliphatic heterocycles. The minimum absolute atomic E-state index is 0.0671. The second-order valence-corrected chi connectivity index (χ2v) is 5.27. The molecule has 4 nitrogen and oxygen atoms in total. The van der Waals surface area contributed by atoms with Gasteiger partial charge in [-0.05, 0) is 46.8 Å². The number of nitrogens with zero attached hydrogens (tertiary/aromatic N) is 2. The van der Waals surface area contributed by atoms with Crippen molar-refractivity contribution in [2.75, 3.05) is 33.8 Å². The standard InChI is InChI=1S/C14H28N2O2/c1-5-8-13(14(17)18-6-2)16(4)11-12-9-7-10-15(12)3/h12-13H,5-11H2,1-4H3. The molecule has 0 N–H and O–H groups in total. The molecule has 4 heteroatoms. The molecule has 0 bridgehead atoms. The lowest BCUT2D eigenvalue weighted by molar-refractivity contribution is -0.149. The normalized spacial score (nSPS) is 22.4. The molecule has 1 rings (SSSR count). The SMILES string of the molecule is CCCC(C(=O)OCC)N(C)CC1CCCN1C. The number of carbonyl (C=O) groups excluding carboxylic acids is 1. The fraction of sp³-hybridized carbons (Fsp3) is 0.929. The third-order valence-corrected chi connectivity index (χ3v) is 3.82. The fourth-order valence-electron chi connectivity index (χ4n) is 2.70. The zero-order chi connectivity index (χ0) is 13.5. The number of carbonyl (C=O) groups is 1. The van der Waals surface area contributed by atoms with Crippen LogP contribution in [0.4, 0.5) is 0 Å². The number of likely N-dealkylation sites (N-methyl/N-ethyl adjacent to an activating group) is 2. The number of ether oxygens (including phenoxy) is 1. The summed E-state index contributed by atoms with van der Waals surface area (Å²) in [5.41, 5.74) is 0. The van der Waals surface area contributed by atoms with E-state index in [1.54, 1.807) is 0 Å². The molecule has 1 heterocycles. The lowest BCUT2D eigenvalue weighted by atomic mass is 10.1. The second kappa shape index (κ2) is 7.74. The van der Waals surface area contributed by atoms with Crippen LogP contribution in [-0.4, -0.2) is 61.6 Å². The van der Waals surface area contributed by atoms with Gasteiger partial charge in [0.2, 0.25) is 0 Å². The van der Waals surface area contributed by atoms with Gasteiger partial charge in [-0.25, -0.2) is 0 Å². The smallest absolute Gasteiger partial charge is 0.323 e. The molecule has 0 aromatic heterocycles. The van der Waals surface area contributed by atoms with Crippen molar-refractivity contribution < 1.29 is 9.53 Å². The van der Waals surface area contributed by atoms with Gasteiger partial charge in [0.25, 0.3) is 0 Å². The third kappa shape index (κ3) is 4.25. The number of hydrogen-bond acceptors (Lipinski definition) is 4. The van der Waals surface area contributed by atoms with Crippen molar-refractivity contribution in [3.63, 3.8) is 0 Å². The van der Waals surface area contributed by atoms with Gasteiger partial charge < -0.3 is 9.64 Å². The Bertz CT molecular complexity index is 258. The van der Waals surface area contributed by atoms with E-state index in [0.717, 1.165) is 19.4 Å². The van der Waals surface area contributed by atoms with Crippen LogP contribution in [0.5, 0.6) is 0 Å². The molecule has 2 unspecified atom stereocenters. The van der Waals surface area contributed by atoms with Crippen LogP contribution < -0.4 is 0 Å². The van der Waals surface area contributed by atoms with Crippen LogP contribution >= 0.6 is 0 Å². The molecule has 18 heavy (non-hydrogen) atoms. The molecular formula is C14H28N2O2. The first kappa shape index (κ1) is 15.4. The average Bonchev–Trinajstić information content (AvgIpc) is 2.72. The summed E-state index contributed by atoms with van der Waals surface area (Å²) in [6.07, 6.45) is 4.40. The Morgan fingerprint density at radius 1 is 1.50 bits per heavy atom. The fourth-order valence-corrected chi connectivity index (χ4v) is 2.70. The highest BCUT2D eigenvalue weighted by Crippen LogP contribution is 2.17. The van der Waals surface area contributed by atoms with Crippen molar-refractivity contribution in [3.05, 3.63) is 0 Å². The van der Waals surface area contributed by atoms with Gasteiger partial charge in [0.15, 0.2) is 0 Å². The van der Waals surface area contributed by atoms with E-state index < -0.39 is 0 Å². The highest BCUT2D eigenvalue weighted by molar-refractivity contribution is 5.75. The van der Waals surface area contributed by atoms with Crippen LogP contribution in [0.1, 0.15) is 39.5 Å². The van der Waals surface area contributed by atoms with Gasteiger partial charge in [0, 0.05) is 12.6 Å². The van der Waals surface area contributed by atoms with E-state index in [4.69, 9.17) is 4.74 Å². The second-order valence-electron chi connectivity index (χ2n) is 5.27. The summed E-state index contributed by atoms with van der Waals surface area (Å²) >= 11 is 0. The Kier molecular flexibility index (Phi) is 6.65. The van der Waals surface area contributed by atoms with E-state index in [1.165, 1.54) is 19.4 Å². The Morgan fingerprint density at radius 2 is 2.22 bits per heavy atom. The van der Waals surface area contributed by atoms with Gasteiger partial charge in [0.1, 0.15) is 6.04 Å². The van der Waals surface area contributed by atoms with Crippen molar-refractivity contribution in [2.45, 2.75) is 51.6 Å². The molecule has 0 aliphatic carbocycles. The first-order chi connectivity index (χ1) is 8.60. The van der Waals surface area contributed by atoms with E-state index in [2.05, 4.69) is 23.8 Å². The van der Waals surface area contributed by atoms with Gasteiger partial charge >= 0.3 is 5.97 Å². The summed E-state index contributed by atoms with van der Waals surface area (Å²) in [5.74, 6) is -0.0671. The highest BCUT2D eigenvalue weighted by atomic mass is 16.5. The Labute approximate surface area is 111 Å². The number of rotatable bonds is 7. The first-order valence-corrected chi connectivity index (χ1v) is 7.17. The average molecular weight is 256 g/mol. The summed E-state index contributed by atoms with van der Waals surface area (Å²) < 4.78 is 5.17. The molecule has 1 aliphatic rings. The number of likely N-dealkylation sites (tertiary alicyclic amines) is 1. The molecule has 2 atom stereocenters. The summed E-state index contributed by atoms with van der Waals surface area (Å²) in [6.45, 7) is 6.58. The van der Waals surface area contributed by atoms with Crippen LogP contribution in [0, 0.1) is 0 Å². The van der Waals surface area contributed by atoms with Crippen molar-refractivity contribution in [2.24, 2.45) is 0 Å². The predicted molar refractivity (Wildman–Crippen MR) is 73.6 cm³/mol. The molecular weight excluding hydrogens is 228 g/mol. The van der Waals surface area contributed by atoms with Gasteiger partial charge in [-0.2, -0.15) is 0 Å². The quantitative estimate of drug-likeness (QED) is 0.650. The van der Waals surface area contributed by atoms with Crippen molar-refractivity contribution in [1.82, 2.24) is 9.80 Å². The lowest BCUT2D eigenvalue weighted by Crippen LogP contribution is -2.45. The molecule has 0 saturated carbocycles. The Morgan fingerprint density at radius 3 is 2.72 bits per heavy atom. The van der Waals surface area contributed by atoms with Gasteiger partial charge in [0.05, 0.1) is 6.61 Å². The highest BCUT2D eigenvalue weighted by Gasteiger charge is 2.28. The maximum atomic E-state index is 12.0. The van der Waals surface area contributed by atoms with E-state index >= 15 is 0 Å². The van der Waals surface area contributed by atoms with E-state index in [-0.39, 0.29) is 12.0 Å². The van der Waals surface area contributed by atoms with E-state index in [9.17, 15) is 4.79 Å². The minimum atomic E-state index is -0.0797. The maximum absolute atomic E-state index is 12.0. The van der Waals surface area contributed by atoms with Crippen LogP contribution in [0.15, 0.2) is 0 Å². The topological polar surface area (TPSA) is 32.8 Å². The summed E-state index contributed by atoms with van der Waals surface area (Å²) in [6, 6.07) is 0.507. The van der Waals surface area contributed by atoms with Gasteiger partial charge in [-0.3, -0.25) is 9.69 Å². The molecule has 0 amide bonds. The number of esters is 1. The monoisotopic (exact) mass is 256 g/mol. The Hall–Kier alpha value is -0.610. The van der Waals surface area contributed by atoms with Crippen molar-refractivity contribution in [3.8, 4) is 0 Å². The molecule has 0 aromatic carbocycles. The van der Waals surface area contributed by atoms with Gasteiger partial charge in [-0.1, -0.05) is 13.3 Å². The molecule has 1 saturated heterocycles. The van der Waals surface area contributed by atoms with Crippen LogP contribution in [0.2, 0.25) is 0 Å². The maximum Gasteiger partial charge on any atom is 0.323 e. The van der Waals surface area contributed by atoms with Gasteiger partial charge in [-0.15, -0.1) is 0 Å². The predicted octanol–water partition coefficient (Wildman–Crippen LogP) is 1.74. The largest absolute Gasteiger partial charge is 0.465 e. The summed E-state index contributed by atoms with van der Waals surface area (Å²) in [5, 5.41) is 0. The number of hydrogen-bond donors (Lipinski definition) is 0. The van der Waals surface area contributed by atoms with Crippen LogP contribution in [0.3, 0.4) is 0 Å². The zero-order valence-electron chi connectivity index (χ0n) is 12.3. The molecule has 1 fully saturated rings. The summed E-state index contributed by atoms with van der Waals surface area (Å²) in [4.78, 5) is 16.5. The van der Waals surface area contributed by atoms with Crippen LogP contribution in [0.25, 0.3) is 0 Å². The molecule has 106 valence electrons. The molecule has 0 spiro atoms. The molecule has 0 aromatic rings.